The number of aromatic nitrogens is 3. The van der Waals surface area contributed by atoms with Gasteiger partial charge in [0.1, 0.15) is 0 Å². The standard InChI is InChI=1S/C15H19N5O2/c1-2-6-17-15(21)20-9-5-12(10-20)13-18-14(22-19-13)11-3-7-16-8-4-11/h3-4,7-8,12H,2,5-6,9-10H2,1H3,(H,17,21). The molecule has 1 aliphatic heterocycles. The molecule has 1 N–H and O–H groups in total. The van der Waals surface area contributed by atoms with Gasteiger partial charge in [0.2, 0.25) is 0 Å². The number of likely N-dealkylation sites (tertiary alicyclic amines) is 1. The van der Waals surface area contributed by atoms with E-state index in [1.54, 1.807) is 12.4 Å². The smallest absolute Gasteiger partial charge is 0.317 e. The molecule has 22 heavy (non-hydrogen) atoms. The molecule has 2 amide bonds. The van der Waals surface area contributed by atoms with Gasteiger partial charge in [-0.15, -0.1) is 0 Å². The summed E-state index contributed by atoms with van der Waals surface area (Å²) in [6.07, 6.45) is 5.17. The third-order valence-corrected chi connectivity index (χ3v) is 3.74. The van der Waals surface area contributed by atoms with Gasteiger partial charge in [0, 0.05) is 43.5 Å². The largest absolute Gasteiger partial charge is 0.338 e. The van der Waals surface area contributed by atoms with Gasteiger partial charge in [0.25, 0.3) is 5.89 Å². The fraction of sp³-hybridized carbons (Fsp3) is 0.467. The number of carbonyl (C=O) groups is 1. The number of nitrogens with zero attached hydrogens (tertiary/aromatic N) is 4. The van der Waals surface area contributed by atoms with Crippen molar-refractivity contribution in [3.8, 4) is 11.5 Å². The zero-order valence-electron chi connectivity index (χ0n) is 12.5. The van der Waals surface area contributed by atoms with Crippen molar-refractivity contribution in [3.05, 3.63) is 30.4 Å². The third kappa shape index (κ3) is 3.08. The maximum Gasteiger partial charge on any atom is 0.317 e. The van der Waals surface area contributed by atoms with Crippen LogP contribution in [-0.4, -0.2) is 45.7 Å². The van der Waals surface area contributed by atoms with Crippen molar-refractivity contribution < 1.29 is 9.32 Å². The van der Waals surface area contributed by atoms with Crippen LogP contribution < -0.4 is 5.32 Å². The molecule has 2 aromatic rings. The number of nitrogens with one attached hydrogen (secondary N) is 1. The molecule has 2 aromatic heterocycles. The summed E-state index contributed by atoms with van der Waals surface area (Å²) in [5.41, 5.74) is 0.851. The lowest BCUT2D eigenvalue weighted by Crippen LogP contribution is -2.38. The summed E-state index contributed by atoms with van der Waals surface area (Å²) in [5, 5.41) is 6.96. The highest BCUT2D eigenvalue weighted by Gasteiger charge is 2.30. The molecule has 7 nitrogen and oxygen atoms in total. The summed E-state index contributed by atoms with van der Waals surface area (Å²) in [7, 11) is 0. The number of hydrogen-bond acceptors (Lipinski definition) is 5. The van der Waals surface area contributed by atoms with Crippen LogP contribution in [0.2, 0.25) is 0 Å². The van der Waals surface area contributed by atoms with Gasteiger partial charge < -0.3 is 14.7 Å². The first kappa shape index (κ1) is 14.5. The predicted octanol–water partition coefficient (Wildman–Crippen LogP) is 2.04. The van der Waals surface area contributed by atoms with Gasteiger partial charge in [-0.3, -0.25) is 4.98 Å². The van der Waals surface area contributed by atoms with Crippen LogP contribution in [0.5, 0.6) is 0 Å². The topological polar surface area (TPSA) is 84.2 Å². The molecule has 0 spiro atoms. The van der Waals surface area contributed by atoms with Gasteiger partial charge in [0.05, 0.1) is 0 Å². The van der Waals surface area contributed by atoms with Crippen LogP contribution in [0.15, 0.2) is 29.0 Å². The van der Waals surface area contributed by atoms with Crippen LogP contribution in [-0.2, 0) is 0 Å². The number of urea groups is 1. The zero-order chi connectivity index (χ0) is 15.4. The minimum absolute atomic E-state index is 0.0118. The summed E-state index contributed by atoms with van der Waals surface area (Å²) in [6.45, 7) is 4.09. The first-order valence-electron chi connectivity index (χ1n) is 7.54. The highest BCUT2D eigenvalue weighted by atomic mass is 16.5. The van der Waals surface area contributed by atoms with Crippen LogP contribution in [0.4, 0.5) is 4.79 Å². The van der Waals surface area contributed by atoms with Crippen LogP contribution >= 0.6 is 0 Å². The van der Waals surface area contributed by atoms with Crippen molar-refractivity contribution in [2.24, 2.45) is 0 Å². The van der Waals surface area contributed by atoms with E-state index >= 15 is 0 Å². The maximum absolute atomic E-state index is 12.0. The van der Waals surface area contributed by atoms with Crippen LogP contribution in [0.1, 0.15) is 31.5 Å². The Morgan fingerprint density at radius 1 is 1.45 bits per heavy atom. The highest BCUT2D eigenvalue weighted by molar-refractivity contribution is 5.74. The Hall–Kier alpha value is -2.44. The molecular weight excluding hydrogens is 282 g/mol. The highest BCUT2D eigenvalue weighted by Crippen LogP contribution is 2.27. The minimum atomic E-state index is -0.0118. The Balaban J connectivity index is 1.64. The monoisotopic (exact) mass is 301 g/mol. The lowest BCUT2D eigenvalue weighted by molar-refractivity contribution is 0.208. The molecule has 0 aliphatic carbocycles. The Labute approximate surface area is 128 Å². The second-order valence-electron chi connectivity index (χ2n) is 5.36. The molecular formula is C15H19N5O2. The molecule has 0 bridgehead atoms. The van der Waals surface area contributed by atoms with Gasteiger partial charge in [-0.25, -0.2) is 4.79 Å². The Bertz CT molecular complexity index is 628. The molecule has 3 heterocycles. The van der Waals surface area contributed by atoms with Gasteiger partial charge in [0.15, 0.2) is 5.82 Å². The molecule has 0 aromatic carbocycles. The Morgan fingerprint density at radius 2 is 2.27 bits per heavy atom. The SMILES string of the molecule is CCCNC(=O)N1CCC(c2noc(-c3ccncc3)n2)C1. The van der Waals surface area contributed by atoms with E-state index in [1.165, 1.54) is 0 Å². The third-order valence-electron chi connectivity index (χ3n) is 3.74. The van der Waals surface area contributed by atoms with E-state index < -0.39 is 0 Å². The van der Waals surface area contributed by atoms with Gasteiger partial charge >= 0.3 is 6.03 Å². The van der Waals surface area contributed by atoms with E-state index in [1.807, 2.05) is 24.0 Å². The summed E-state index contributed by atoms with van der Waals surface area (Å²) in [5.74, 6) is 1.29. The average molecular weight is 301 g/mol. The zero-order valence-corrected chi connectivity index (χ0v) is 12.5. The number of hydrogen-bond donors (Lipinski definition) is 1. The fourth-order valence-corrected chi connectivity index (χ4v) is 2.51. The minimum Gasteiger partial charge on any atom is -0.338 e. The first-order chi connectivity index (χ1) is 10.8. The molecule has 3 rings (SSSR count). The van der Waals surface area contributed by atoms with Crippen molar-refractivity contribution in [1.29, 1.82) is 0 Å². The quantitative estimate of drug-likeness (QED) is 0.934. The maximum atomic E-state index is 12.0. The number of amides is 2. The van der Waals surface area contributed by atoms with Crippen LogP contribution in [0, 0.1) is 0 Å². The summed E-state index contributed by atoms with van der Waals surface area (Å²) in [6, 6.07) is 3.65. The van der Waals surface area contributed by atoms with Gasteiger partial charge in [-0.1, -0.05) is 12.1 Å². The Kier molecular flexibility index (Phi) is 4.32. The molecule has 0 saturated carbocycles. The molecule has 1 saturated heterocycles. The van der Waals surface area contributed by atoms with Crippen LogP contribution in [0.3, 0.4) is 0 Å². The fourth-order valence-electron chi connectivity index (χ4n) is 2.51. The summed E-state index contributed by atoms with van der Waals surface area (Å²) >= 11 is 0. The lowest BCUT2D eigenvalue weighted by Gasteiger charge is -2.16. The van der Waals surface area contributed by atoms with E-state index in [9.17, 15) is 4.79 Å². The van der Waals surface area contributed by atoms with Crippen LogP contribution in [0.25, 0.3) is 11.5 Å². The van der Waals surface area contributed by atoms with E-state index in [2.05, 4.69) is 20.4 Å². The van der Waals surface area contributed by atoms with E-state index in [4.69, 9.17) is 4.52 Å². The normalized spacial score (nSPS) is 17.7. The molecule has 1 aliphatic rings. The van der Waals surface area contributed by atoms with Crippen molar-refractivity contribution in [3.63, 3.8) is 0 Å². The van der Waals surface area contributed by atoms with Crippen molar-refractivity contribution in [1.82, 2.24) is 25.3 Å². The predicted molar refractivity (Wildman–Crippen MR) is 80.1 cm³/mol. The molecule has 1 atom stereocenters. The molecule has 1 unspecified atom stereocenters. The number of pyridine rings is 1. The second-order valence-corrected chi connectivity index (χ2v) is 5.36. The van der Waals surface area contributed by atoms with E-state index in [-0.39, 0.29) is 11.9 Å². The van der Waals surface area contributed by atoms with E-state index in [0.717, 1.165) is 24.9 Å². The summed E-state index contributed by atoms with van der Waals surface area (Å²) in [4.78, 5) is 22.2. The summed E-state index contributed by atoms with van der Waals surface area (Å²) < 4.78 is 5.32. The number of rotatable bonds is 4. The lowest BCUT2D eigenvalue weighted by atomic mass is 10.1. The molecule has 0 radical (unpaired) electrons. The molecule has 116 valence electrons. The van der Waals surface area contributed by atoms with Crippen molar-refractivity contribution in [2.45, 2.75) is 25.7 Å². The van der Waals surface area contributed by atoms with Crippen molar-refractivity contribution >= 4 is 6.03 Å². The van der Waals surface area contributed by atoms with E-state index in [0.29, 0.717) is 24.8 Å². The van der Waals surface area contributed by atoms with Gasteiger partial charge in [-0.2, -0.15) is 4.98 Å². The second kappa shape index (κ2) is 6.55. The first-order valence-corrected chi connectivity index (χ1v) is 7.54. The number of carbonyl (C=O) groups excluding carboxylic acids is 1. The molecule has 1 fully saturated rings. The molecule has 7 heteroatoms. The van der Waals surface area contributed by atoms with Crippen molar-refractivity contribution in [2.75, 3.05) is 19.6 Å². The van der Waals surface area contributed by atoms with Gasteiger partial charge in [-0.05, 0) is 25.0 Å². The Morgan fingerprint density at radius 3 is 3.05 bits per heavy atom. The average Bonchev–Trinajstić information content (AvgIpc) is 3.22.